The van der Waals surface area contributed by atoms with Crippen molar-refractivity contribution in [2.45, 2.75) is 6.54 Å². The summed E-state index contributed by atoms with van der Waals surface area (Å²) < 4.78 is 0. The molecule has 0 radical (unpaired) electrons. The van der Waals surface area contributed by atoms with Gasteiger partial charge in [-0.25, -0.2) is 0 Å². The highest BCUT2D eigenvalue weighted by Crippen LogP contribution is 2.16. The van der Waals surface area contributed by atoms with Crippen LogP contribution in [0, 0.1) is 0 Å². The van der Waals surface area contributed by atoms with Gasteiger partial charge in [-0.1, -0.05) is 30.4 Å². The molecule has 2 aromatic rings. The average Bonchev–Trinajstić information content (AvgIpc) is 2.58. The molecular formula is C10H10N2S. The van der Waals surface area contributed by atoms with E-state index in [1.165, 1.54) is 16.5 Å². The zero-order valence-electron chi connectivity index (χ0n) is 7.08. The summed E-state index contributed by atoms with van der Waals surface area (Å²) >= 11 is 4.70. The maximum Gasteiger partial charge on any atom is 0.0617 e. The molecule has 3 heteroatoms. The van der Waals surface area contributed by atoms with Crippen LogP contribution in [0.25, 0.3) is 10.9 Å². The summed E-state index contributed by atoms with van der Waals surface area (Å²) in [5.41, 5.74) is 3.96. The van der Waals surface area contributed by atoms with Crippen LogP contribution in [0.4, 0.5) is 0 Å². The fraction of sp³-hybridized carbons (Fsp3) is 0.100. The lowest BCUT2D eigenvalue weighted by Crippen LogP contribution is -2.07. The topological polar surface area (TPSA) is 27.8 Å². The van der Waals surface area contributed by atoms with Gasteiger partial charge in [0.25, 0.3) is 0 Å². The van der Waals surface area contributed by atoms with E-state index in [9.17, 15) is 0 Å². The van der Waals surface area contributed by atoms with Crippen molar-refractivity contribution in [2.24, 2.45) is 0 Å². The van der Waals surface area contributed by atoms with Crippen LogP contribution in [0.15, 0.2) is 30.5 Å². The van der Waals surface area contributed by atoms with Crippen LogP contribution in [0.5, 0.6) is 0 Å². The number of nitrogens with one attached hydrogen (secondary N) is 2. The Hall–Kier alpha value is -1.35. The second-order valence-electron chi connectivity index (χ2n) is 2.86. The van der Waals surface area contributed by atoms with E-state index in [-0.39, 0.29) is 0 Å². The van der Waals surface area contributed by atoms with Gasteiger partial charge in [-0.05, 0) is 11.6 Å². The first-order valence-corrected chi connectivity index (χ1v) is 4.61. The summed E-state index contributed by atoms with van der Waals surface area (Å²) in [6, 6.07) is 8.23. The first-order valence-electron chi connectivity index (χ1n) is 4.14. The van der Waals surface area contributed by atoms with Gasteiger partial charge in [0.2, 0.25) is 0 Å². The number of para-hydroxylation sites is 1. The Morgan fingerprint density at radius 3 is 3.08 bits per heavy atom. The molecule has 1 heterocycles. The number of benzene rings is 1. The second kappa shape index (κ2) is 3.58. The zero-order valence-corrected chi connectivity index (χ0v) is 7.90. The number of rotatable bonds is 3. The van der Waals surface area contributed by atoms with E-state index in [1.807, 2.05) is 18.3 Å². The smallest absolute Gasteiger partial charge is 0.0617 e. The predicted molar refractivity (Wildman–Crippen MR) is 58.8 cm³/mol. The highest BCUT2D eigenvalue weighted by molar-refractivity contribution is 7.78. The van der Waals surface area contributed by atoms with Gasteiger partial charge in [0.15, 0.2) is 0 Å². The summed E-state index contributed by atoms with van der Waals surface area (Å²) in [6.45, 7) is 0.785. The number of hydrogen-bond donors (Lipinski definition) is 2. The standard InChI is InChI=1S/C10H10N2S/c13-7-11-5-8-6-12-10-4-2-1-3-9(8)10/h1-4,6-7,12H,5H2,(H,11,13). The number of H-pyrrole nitrogens is 1. The molecule has 66 valence electrons. The summed E-state index contributed by atoms with van der Waals surface area (Å²) in [5.74, 6) is 0. The van der Waals surface area contributed by atoms with Gasteiger partial charge in [-0.3, -0.25) is 0 Å². The third kappa shape index (κ3) is 1.55. The van der Waals surface area contributed by atoms with E-state index < -0.39 is 0 Å². The average molecular weight is 190 g/mol. The van der Waals surface area contributed by atoms with Crippen LogP contribution in [-0.2, 0) is 6.54 Å². The molecule has 1 aromatic heterocycles. The Bertz CT molecular complexity index is 420. The quantitative estimate of drug-likeness (QED) is 0.726. The summed E-state index contributed by atoms with van der Waals surface area (Å²) in [5, 5.41) is 4.27. The Morgan fingerprint density at radius 2 is 2.23 bits per heavy atom. The fourth-order valence-corrected chi connectivity index (χ4v) is 1.51. The van der Waals surface area contributed by atoms with Crippen molar-refractivity contribution in [2.75, 3.05) is 0 Å². The van der Waals surface area contributed by atoms with Crippen molar-refractivity contribution in [3.05, 3.63) is 36.0 Å². The minimum atomic E-state index is 0.785. The van der Waals surface area contributed by atoms with Crippen LogP contribution in [-0.4, -0.2) is 10.5 Å². The van der Waals surface area contributed by atoms with E-state index in [2.05, 4.69) is 22.4 Å². The monoisotopic (exact) mass is 190 g/mol. The van der Waals surface area contributed by atoms with Gasteiger partial charge in [0.05, 0.1) is 5.49 Å². The summed E-state index contributed by atoms with van der Waals surface area (Å²) in [7, 11) is 0. The van der Waals surface area contributed by atoms with Crippen LogP contribution in [0.3, 0.4) is 0 Å². The molecule has 2 nitrogen and oxygen atoms in total. The molecule has 13 heavy (non-hydrogen) atoms. The van der Waals surface area contributed by atoms with Gasteiger partial charge < -0.3 is 10.3 Å². The summed E-state index contributed by atoms with van der Waals surface area (Å²) in [6.07, 6.45) is 2.01. The Balaban J connectivity index is 2.40. The molecule has 0 atom stereocenters. The van der Waals surface area contributed by atoms with E-state index in [0.717, 1.165) is 6.54 Å². The van der Waals surface area contributed by atoms with Crippen molar-refractivity contribution >= 4 is 28.6 Å². The minimum Gasteiger partial charge on any atom is -0.378 e. The first-order chi connectivity index (χ1) is 6.42. The minimum absolute atomic E-state index is 0.785. The largest absolute Gasteiger partial charge is 0.378 e. The number of aromatic nitrogens is 1. The van der Waals surface area contributed by atoms with Gasteiger partial charge in [-0.2, -0.15) is 0 Å². The lowest BCUT2D eigenvalue weighted by atomic mass is 10.2. The van der Waals surface area contributed by atoms with Crippen molar-refractivity contribution in [1.82, 2.24) is 10.3 Å². The predicted octanol–water partition coefficient (Wildman–Crippen LogP) is 2.21. The molecule has 0 amide bonds. The van der Waals surface area contributed by atoms with E-state index in [4.69, 9.17) is 12.2 Å². The Kier molecular flexibility index (Phi) is 2.27. The van der Waals surface area contributed by atoms with Crippen LogP contribution in [0.2, 0.25) is 0 Å². The van der Waals surface area contributed by atoms with Gasteiger partial charge in [-0.15, -0.1) is 0 Å². The normalized spacial score (nSPS) is 10.2. The molecule has 0 spiro atoms. The molecule has 0 fully saturated rings. The fourth-order valence-electron chi connectivity index (χ4n) is 1.43. The van der Waals surface area contributed by atoms with E-state index in [1.54, 1.807) is 5.49 Å². The summed E-state index contributed by atoms with van der Waals surface area (Å²) in [4.78, 5) is 3.21. The van der Waals surface area contributed by atoms with Crippen molar-refractivity contribution in [1.29, 1.82) is 0 Å². The molecule has 0 saturated carbocycles. The lowest BCUT2D eigenvalue weighted by molar-refractivity contribution is 0.953. The molecule has 0 aliphatic carbocycles. The van der Waals surface area contributed by atoms with E-state index in [0.29, 0.717) is 0 Å². The second-order valence-corrected chi connectivity index (χ2v) is 3.09. The molecule has 0 aliphatic heterocycles. The molecule has 1 aromatic carbocycles. The molecule has 0 saturated heterocycles. The SMILES string of the molecule is S=CNCc1c[nH]c2ccccc12. The molecular weight excluding hydrogens is 180 g/mol. The number of thiocarbonyl (C=S) groups is 1. The van der Waals surface area contributed by atoms with Crippen LogP contribution < -0.4 is 5.32 Å². The molecule has 2 N–H and O–H groups in total. The van der Waals surface area contributed by atoms with Gasteiger partial charge in [0, 0.05) is 23.6 Å². The van der Waals surface area contributed by atoms with Gasteiger partial charge in [0.1, 0.15) is 0 Å². The highest BCUT2D eigenvalue weighted by atomic mass is 32.1. The van der Waals surface area contributed by atoms with Crippen molar-refractivity contribution in [3.63, 3.8) is 0 Å². The number of fused-ring (bicyclic) bond motifs is 1. The third-order valence-electron chi connectivity index (χ3n) is 2.05. The lowest BCUT2D eigenvalue weighted by Gasteiger charge is -1.96. The number of aromatic amines is 1. The van der Waals surface area contributed by atoms with Crippen molar-refractivity contribution in [3.8, 4) is 0 Å². The molecule has 0 unspecified atom stereocenters. The Labute approximate surface area is 82.0 Å². The van der Waals surface area contributed by atoms with Crippen LogP contribution >= 0.6 is 12.2 Å². The Morgan fingerprint density at radius 1 is 1.38 bits per heavy atom. The maximum atomic E-state index is 4.70. The van der Waals surface area contributed by atoms with Crippen molar-refractivity contribution < 1.29 is 0 Å². The third-order valence-corrected chi connectivity index (χ3v) is 2.22. The molecule has 0 bridgehead atoms. The first kappa shape index (κ1) is 8.26. The highest BCUT2D eigenvalue weighted by Gasteiger charge is 2.00. The molecule has 2 rings (SSSR count). The molecule has 0 aliphatic rings. The zero-order chi connectivity index (χ0) is 9.10. The van der Waals surface area contributed by atoms with Gasteiger partial charge >= 0.3 is 0 Å². The maximum absolute atomic E-state index is 4.70. The van der Waals surface area contributed by atoms with Crippen LogP contribution in [0.1, 0.15) is 5.56 Å². The number of hydrogen-bond acceptors (Lipinski definition) is 1. The van der Waals surface area contributed by atoms with E-state index >= 15 is 0 Å².